The molecule has 0 saturated heterocycles. The summed E-state index contributed by atoms with van der Waals surface area (Å²) in [6.07, 6.45) is 1.65. The van der Waals surface area contributed by atoms with Crippen molar-refractivity contribution < 1.29 is 9.59 Å². The van der Waals surface area contributed by atoms with Gasteiger partial charge in [-0.2, -0.15) is 0 Å². The zero-order chi connectivity index (χ0) is 17.2. The number of carbonyl (C=O) groups excluding carboxylic acids is 2. The molecule has 0 spiro atoms. The van der Waals surface area contributed by atoms with E-state index in [1.165, 1.54) is 11.3 Å². The molecule has 0 bridgehead atoms. The van der Waals surface area contributed by atoms with Gasteiger partial charge in [-0.1, -0.05) is 20.8 Å². The highest BCUT2D eigenvalue weighted by molar-refractivity contribution is 7.18. The second-order valence-electron chi connectivity index (χ2n) is 6.50. The van der Waals surface area contributed by atoms with E-state index in [0.29, 0.717) is 15.7 Å². The second-order valence-corrected chi connectivity index (χ2v) is 7.55. The van der Waals surface area contributed by atoms with Gasteiger partial charge in [-0.25, -0.2) is 4.98 Å². The molecule has 5 nitrogen and oxygen atoms in total. The molecule has 0 aromatic carbocycles. The second kappa shape index (κ2) is 6.50. The molecule has 2 aromatic heterocycles. The van der Waals surface area contributed by atoms with Crippen molar-refractivity contribution in [3.05, 3.63) is 40.4 Å². The molecule has 0 atom stereocenters. The van der Waals surface area contributed by atoms with Crippen molar-refractivity contribution in [3.63, 3.8) is 0 Å². The van der Waals surface area contributed by atoms with E-state index in [2.05, 4.69) is 15.6 Å². The average Bonchev–Trinajstić information content (AvgIpc) is 2.78. The standard InChI is InChI=1S/C17H21N3O2S/c1-10-6-7-18-12(8-10)19-15(21)14-11(2)9-13(23-14)20-16(22)17(3,4)5/h6-9H,1-5H3,(H,20,22)(H,18,19,21). The number of anilines is 2. The van der Waals surface area contributed by atoms with Crippen LogP contribution in [0.3, 0.4) is 0 Å². The Morgan fingerprint density at radius 1 is 1.13 bits per heavy atom. The Kier molecular flexibility index (Phi) is 4.85. The van der Waals surface area contributed by atoms with Gasteiger partial charge in [0.1, 0.15) is 5.82 Å². The molecule has 2 N–H and O–H groups in total. The zero-order valence-corrected chi connectivity index (χ0v) is 14.8. The number of pyridine rings is 1. The summed E-state index contributed by atoms with van der Waals surface area (Å²) in [5, 5.41) is 6.31. The van der Waals surface area contributed by atoms with Crippen molar-refractivity contribution in [2.75, 3.05) is 10.6 Å². The number of carbonyl (C=O) groups is 2. The third-order valence-electron chi connectivity index (χ3n) is 3.20. The van der Waals surface area contributed by atoms with Gasteiger partial charge >= 0.3 is 0 Å². The topological polar surface area (TPSA) is 71.1 Å². The number of aryl methyl sites for hydroxylation is 2. The summed E-state index contributed by atoms with van der Waals surface area (Å²) in [4.78, 5) is 29.1. The first-order chi connectivity index (χ1) is 10.7. The Morgan fingerprint density at radius 3 is 2.43 bits per heavy atom. The smallest absolute Gasteiger partial charge is 0.267 e. The van der Waals surface area contributed by atoms with Crippen LogP contribution in [-0.2, 0) is 4.79 Å². The van der Waals surface area contributed by atoms with E-state index < -0.39 is 5.41 Å². The predicted molar refractivity (Wildman–Crippen MR) is 94.1 cm³/mol. The fourth-order valence-corrected chi connectivity index (χ4v) is 2.81. The van der Waals surface area contributed by atoms with Crippen LogP contribution in [0.25, 0.3) is 0 Å². The predicted octanol–water partition coefficient (Wildman–Crippen LogP) is 4.00. The van der Waals surface area contributed by atoms with Gasteiger partial charge in [0.05, 0.1) is 9.88 Å². The monoisotopic (exact) mass is 331 g/mol. The number of amides is 2. The number of aromatic nitrogens is 1. The molecule has 2 heterocycles. The number of nitrogens with one attached hydrogen (secondary N) is 2. The van der Waals surface area contributed by atoms with E-state index >= 15 is 0 Å². The third kappa shape index (κ3) is 4.39. The van der Waals surface area contributed by atoms with Gasteiger partial charge in [0.25, 0.3) is 5.91 Å². The zero-order valence-electron chi connectivity index (χ0n) is 14.0. The number of hydrogen-bond acceptors (Lipinski definition) is 4. The van der Waals surface area contributed by atoms with Crippen LogP contribution >= 0.6 is 11.3 Å². The van der Waals surface area contributed by atoms with Crippen LogP contribution in [0.2, 0.25) is 0 Å². The highest BCUT2D eigenvalue weighted by Crippen LogP contribution is 2.29. The van der Waals surface area contributed by atoms with E-state index in [1.807, 2.05) is 52.8 Å². The summed E-state index contributed by atoms with van der Waals surface area (Å²) in [5.74, 6) is 0.219. The highest BCUT2D eigenvalue weighted by atomic mass is 32.1. The van der Waals surface area contributed by atoms with Crippen LogP contribution in [-0.4, -0.2) is 16.8 Å². The molecule has 0 fully saturated rings. The minimum absolute atomic E-state index is 0.0777. The van der Waals surface area contributed by atoms with E-state index in [4.69, 9.17) is 0 Å². The van der Waals surface area contributed by atoms with E-state index in [9.17, 15) is 9.59 Å². The van der Waals surface area contributed by atoms with Gasteiger partial charge in [0, 0.05) is 11.6 Å². The van der Waals surface area contributed by atoms with Crippen LogP contribution in [0.5, 0.6) is 0 Å². The SMILES string of the molecule is Cc1ccnc(NC(=O)c2sc(NC(=O)C(C)(C)C)cc2C)c1. The minimum Gasteiger partial charge on any atom is -0.317 e. The Bertz CT molecular complexity index is 745. The molecule has 2 aromatic rings. The van der Waals surface area contributed by atoms with Crippen molar-refractivity contribution in [2.24, 2.45) is 5.41 Å². The van der Waals surface area contributed by atoms with E-state index in [1.54, 1.807) is 6.20 Å². The quantitative estimate of drug-likeness (QED) is 0.893. The molecule has 0 aliphatic heterocycles. The van der Waals surface area contributed by atoms with Crippen molar-refractivity contribution in [2.45, 2.75) is 34.6 Å². The first-order valence-corrected chi connectivity index (χ1v) is 8.14. The lowest BCUT2D eigenvalue weighted by molar-refractivity contribution is -0.123. The molecule has 23 heavy (non-hydrogen) atoms. The largest absolute Gasteiger partial charge is 0.317 e. The van der Waals surface area contributed by atoms with Crippen molar-refractivity contribution >= 4 is 34.0 Å². The molecule has 6 heteroatoms. The molecular formula is C17H21N3O2S. The Labute approximate surface area is 140 Å². The lowest BCUT2D eigenvalue weighted by atomic mass is 9.96. The Hall–Kier alpha value is -2.21. The summed E-state index contributed by atoms with van der Waals surface area (Å²) in [5.41, 5.74) is 1.37. The summed E-state index contributed by atoms with van der Waals surface area (Å²) < 4.78 is 0. The fourth-order valence-electron chi connectivity index (χ4n) is 1.85. The first kappa shape index (κ1) is 17.1. The molecule has 0 unspecified atom stereocenters. The summed E-state index contributed by atoms with van der Waals surface area (Å²) in [7, 11) is 0. The molecule has 2 rings (SSSR count). The molecule has 2 amide bonds. The Morgan fingerprint density at radius 2 is 1.83 bits per heavy atom. The lowest BCUT2D eigenvalue weighted by Gasteiger charge is -2.16. The van der Waals surface area contributed by atoms with Crippen LogP contribution in [0.4, 0.5) is 10.8 Å². The van der Waals surface area contributed by atoms with E-state index in [-0.39, 0.29) is 11.8 Å². The van der Waals surface area contributed by atoms with Crippen LogP contribution < -0.4 is 10.6 Å². The number of rotatable bonds is 3. The number of nitrogens with zero attached hydrogens (tertiary/aromatic N) is 1. The molecule has 0 radical (unpaired) electrons. The summed E-state index contributed by atoms with van der Waals surface area (Å²) in [6.45, 7) is 9.33. The normalized spacial score (nSPS) is 11.2. The van der Waals surface area contributed by atoms with Crippen molar-refractivity contribution in [3.8, 4) is 0 Å². The van der Waals surface area contributed by atoms with E-state index in [0.717, 1.165) is 11.1 Å². The summed E-state index contributed by atoms with van der Waals surface area (Å²) in [6, 6.07) is 5.49. The van der Waals surface area contributed by atoms with Gasteiger partial charge in [0.15, 0.2) is 0 Å². The fraction of sp³-hybridized carbons (Fsp3) is 0.353. The van der Waals surface area contributed by atoms with Gasteiger partial charge in [-0.05, 0) is 43.2 Å². The van der Waals surface area contributed by atoms with Gasteiger partial charge in [0.2, 0.25) is 5.91 Å². The number of hydrogen-bond donors (Lipinski definition) is 2. The lowest BCUT2D eigenvalue weighted by Crippen LogP contribution is -2.27. The molecule has 0 aliphatic carbocycles. The van der Waals surface area contributed by atoms with Gasteiger partial charge in [-0.3, -0.25) is 9.59 Å². The van der Waals surface area contributed by atoms with Crippen LogP contribution in [0.15, 0.2) is 24.4 Å². The first-order valence-electron chi connectivity index (χ1n) is 7.33. The number of thiophene rings is 1. The Balaban J connectivity index is 2.14. The molecule has 0 aliphatic rings. The molecule has 122 valence electrons. The van der Waals surface area contributed by atoms with Crippen LogP contribution in [0, 0.1) is 19.3 Å². The van der Waals surface area contributed by atoms with Gasteiger partial charge < -0.3 is 10.6 Å². The maximum Gasteiger partial charge on any atom is 0.267 e. The minimum atomic E-state index is -0.480. The molecular weight excluding hydrogens is 310 g/mol. The summed E-state index contributed by atoms with van der Waals surface area (Å²) >= 11 is 1.26. The van der Waals surface area contributed by atoms with Crippen LogP contribution in [0.1, 0.15) is 41.6 Å². The van der Waals surface area contributed by atoms with Gasteiger partial charge in [-0.15, -0.1) is 11.3 Å². The van der Waals surface area contributed by atoms with Crippen molar-refractivity contribution in [1.29, 1.82) is 0 Å². The maximum absolute atomic E-state index is 12.4. The average molecular weight is 331 g/mol. The maximum atomic E-state index is 12.4. The molecule has 0 saturated carbocycles. The third-order valence-corrected chi connectivity index (χ3v) is 4.35. The highest BCUT2D eigenvalue weighted by Gasteiger charge is 2.23. The van der Waals surface area contributed by atoms with Crippen molar-refractivity contribution in [1.82, 2.24) is 4.98 Å².